The molecule has 2 atom stereocenters. The van der Waals surface area contributed by atoms with E-state index >= 15 is 0 Å². The van der Waals surface area contributed by atoms with E-state index in [2.05, 4.69) is 0 Å². The van der Waals surface area contributed by atoms with Gasteiger partial charge in [-0.25, -0.2) is 0 Å². The second-order valence-corrected chi connectivity index (χ2v) is 6.68. The van der Waals surface area contributed by atoms with Crippen LogP contribution in [0.15, 0.2) is 42.5 Å². The Labute approximate surface area is 154 Å². The largest absolute Gasteiger partial charge is 0.492 e. The second kappa shape index (κ2) is 7.79. The topological polar surface area (TPSA) is 64.8 Å². The van der Waals surface area contributed by atoms with Crippen LogP contribution in [0.1, 0.15) is 37.4 Å². The third-order valence-corrected chi connectivity index (χ3v) is 4.59. The lowest BCUT2D eigenvalue weighted by molar-refractivity contribution is -0.126. The summed E-state index contributed by atoms with van der Waals surface area (Å²) in [7, 11) is 0. The van der Waals surface area contributed by atoms with Gasteiger partial charge in [-0.05, 0) is 50.1 Å². The van der Waals surface area contributed by atoms with Crippen molar-refractivity contribution >= 4 is 11.6 Å². The molecule has 1 aliphatic rings. The fourth-order valence-corrected chi connectivity index (χ4v) is 3.00. The van der Waals surface area contributed by atoms with Crippen LogP contribution >= 0.6 is 0 Å². The number of rotatable bonds is 6. The van der Waals surface area contributed by atoms with Gasteiger partial charge in [-0.15, -0.1) is 0 Å². The van der Waals surface area contributed by atoms with E-state index in [0.29, 0.717) is 19.6 Å². The molecule has 5 heteroatoms. The van der Waals surface area contributed by atoms with Gasteiger partial charge >= 0.3 is 0 Å². The molecule has 5 nitrogen and oxygen atoms in total. The molecule has 0 spiro atoms. The highest BCUT2D eigenvalue weighted by molar-refractivity contribution is 6.00. The molecule has 26 heavy (non-hydrogen) atoms. The molecule has 1 aliphatic heterocycles. The molecule has 3 rings (SSSR count). The molecule has 138 valence electrons. The Hall–Kier alpha value is -2.53. The number of hydrogen-bond donors (Lipinski definition) is 1. The summed E-state index contributed by atoms with van der Waals surface area (Å²) in [6, 6.07) is 13.6. The van der Waals surface area contributed by atoms with Crippen LogP contribution in [0, 0.1) is 6.92 Å². The first kappa shape index (κ1) is 18.3. The standard InChI is InChI=1S/C21H26N2O3/c1-4-19-21(24)23(11-12-25-17-8-5-14(2)6-9-17)18-13-16(15(3)22)7-10-20(18)26-19/h5-10,13,15,19H,4,11-12,22H2,1-3H3. The molecule has 0 aromatic heterocycles. The summed E-state index contributed by atoms with van der Waals surface area (Å²) >= 11 is 0. The van der Waals surface area contributed by atoms with Crippen molar-refractivity contribution in [2.24, 2.45) is 5.73 Å². The fourth-order valence-electron chi connectivity index (χ4n) is 3.00. The number of carbonyl (C=O) groups is 1. The normalized spacial score (nSPS) is 17.5. The molecular formula is C21H26N2O3. The van der Waals surface area contributed by atoms with Gasteiger partial charge in [0.2, 0.25) is 0 Å². The smallest absolute Gasteiger partial charge is 0.268 e. The minimum Gasteiger partial charge on any atom is -0.492 e. The molecule has 0 fully saturated rings. The second-order valence-electron chi connectivity index (χ2n) is 6.68. The summed E-state index contributed by atoms with van der Waals surface area (Å²) < 4.78 is 11.7. The average Bonchev–Trinajstić information content (AvgIpc) is 2.64. The molecule has 2 N–H and O–H groups in total. The van der Waals surface area contributed by atoms with Gasteiger partial charge in [0, 0.05) is 6.04 Å². The van der Waals surface area contributed by atoms with Crippen molar-refractivity contribution in [3.8, 4) is 11.5 Å². The lowest BCUT2D eigenvalue weighted by atomic mass is 10.0. The van der Waals surface area contributed by atoms with Crippen molar-refractivity contribution in [3.63, 3.8) is 0 Å². The highest BCUT2D eigenvalue weighted by Gasteiger charge is 2.33. The molecule has 0 aliphatic carbocycles. The maximum Gasteiger partial charge on any atom is 0.268 e. The highest BCUT2D eigenvalue weighted by Crippen LogP contribution is 2.36. The van der Waals surface area contributed by atoms with Gasteiger partial charge < -0.3 is 20.1 Å². The minimum atomic E-state index is -0.456. The Bertz CT molecular complexity index is 771. The van der Waals surface area contributed by atoms with E-state index in [1.807, 2.05) is 63.2 Å². The molecule has 0 saturated carbocycles. The van der Waals surface area contributed by atoms with Crippen LogP contribution < -0.4 is 20.1 Å². The Balaban J connectivity index is 1.78. The third kappa shape index (κ3) is 3.83. The van der Waals surface area contributed by atoms with Crippen LogP contribution in [0.3, 0.4) is 0 Å². The first-order valence-corrected chi connectivity index (χ1v) is 9.06. The van der Waals surface area contributed by atoms with Crippen molar-refractivity contribution in [3.05, 3.63) is 53.6 Å². The number of anilines is 1. The summed E-state index contributed by atoms with van der Waals surface area (Å²) in [6.07, 6.45) is 0.172. The van der Waals surface area contributed by atoms with E-state index in [-0.39, 0.29) is 11.9 Å². The number of carbonyl (C=O) groups excluding carboxylic acids is 1. The quantitative estimate of drug-likeness (QED) is 0.861. The van der Waals surface area contributed by atoms with Gasteiger partial charge in [-0.2, -0.15) is 0 Å². The van der Waals surface area contributed by atoms with Gasteiger partial charge in [0.05, 0.1) is 12.2 Å². The van der Waals surface area contributed by atoms with Crippen LogP contribution in [-0.2, 0) is 4.79 Å². The van der Waals surface area contributed by atoms with Crippen LogP contribution in [0.25, 0.3) is 0 Å². The van der Waals surface area contributed by atoms with E-state index in [4.69, 9.17) is 15.2 Å². The number of hydrogen-bond acceptors (Lipinski definition) is 4. The maximum absolute atomic E-state index is 12.8. The number of amides is 1. The van der Waals surface area contributed by atoms with Crippen LogP contribution in [0.4, 0.5) is 5.69 Å². The molecule has 0 radical (unpaired) electrons. The van der Waals surface area contributed by atoms with Gasteiger partial charge in [-0.3, -0.25) is 4.79 Å². The summed E-state index contributed by atoms with van der Waals surface area (Å²) in [5.74, 6) is 1.48. The number of nitrogens with zero attached hydrogens (tertiary/aromatic N) is 1. The monoisotopic (exact) mass is 354 g/mol. The van der Waals surface area contributed by atoms with Crippen LogP contribution in [-0.4, -0.2) is 25.2 Å². The number of aryl methyl sites for hydroxylation is 1. The highest BCUT2D eigenvalue weighted by atomic mass is 16.5. The molecule has 1 heterocycles. The number of ether oxygens (including phenoxy) is 2. The van der Waals surface area contributed by atoms with Crippen molar-refractivity contribution in [2.75, 3.05) is 18.1 Å². The van der Waals surface area contributed by atoms with Crippen molar-refractivity contribution in [1.82, 2.24) is 0 Å². The first-order chi connectivity index (χ1) is 12.5. The summed E-state index contributed by atoms with van der Waals surface area (Å²) in [5.41, 5.74) is 8.92. The van der Waals surface area contributed by atoms with Crippen molar-refractivity contribution < 1.29 is 14.3 Å². The zero-order chi connectivity index (χ0) is 18.7. The zero-order valence-electron chi connectivity index (χ0n) is 15.6. The average molecular weight is 354 g/mol. The van der Waals surface area contributed by atoms with Crippen LogP contribution in [0.2, 0.25) is 0 Å². The maximum atomic E-state index is 12.8. The van der Waals surface area contributed by atoms with Crippen LogP contribution in [0.5, 0.6) is 11.5 Å². The molecule has 0 bridgehead atoms. The lowest BCUT2D eigenvalue weighted by Crippen LogP contribution is -2.47. The number of nitrogens with two attached hydrogens (primary N) is 1. The zero-order valence-corrected chi connectivity index (χ0v) is 15.6. The predicted octanol–water partition coefficient (Wildman–Crippen LogP) is 3.60. The summed E-state index contributed by atoms with van der Waals surface area (Å²) in [5, 5.41) is 0. The van der Waals surface area contributed by atoms with Crippen molar-refractivity contribution in [2.45, 2.75) is 39.3 Å². The van der Waals surface area contributed by atoms with E-state index in [1.54, 1.807) is 4.90 Å². The van der Waals surface area contributed by atoms with Gasteiger partial charge in [0.1, 0.15) is 18.1 Å². The third-order valence-electron chi connectivity index (χ3n) is 4.59. The summed E-state index contributed by atoms with van der Waals surface area (Å²) in [6.45, 7) is 6.78. The van der Waals surface area contributed by atoms with E-state index in [1.165, 1.54) is 5.56 Å². The van der Waals surface area contributed by atoms with E-state index in [0.717, 1.165) is 22.7 Å². The first-order valence-electron chi connectivity index (χ1n) is 9.06. The van der Waals surface area contributed by atoms with Gasteiger partial charge in [0.25, 0.3) is 5.91 Å². The molecule has 1 amide bonds. The Kier molecular flexibility index (Phi) is 5.47. The number of fused-ring (bicyclic) bond motifs is 1. The molecule has 2 unspecified atom stereocenters. The molecule has 0 saturated heterocycles. The molecule has 2 aromatic rings. The minimum absolute atomic E-state index is 0.0330. The Morgan fingerprint density at radius 2 is 1.96 bits per heavy atom. The predicted molar refractivity (Wildman–Crippen MR) is 103 cm³/mol. The van der Waals surface area contributed by atoms with E-state index in [9.17, 15) is 4.79 Å². The molecule has 2 aromatic carbocycles. The lowest BCUT2D eigenvalue weighted by Gasteiger charge is -2.34. The fraction of sp³-hybridized carbons (Fsp3) is 0.381. The van der Waals surface area contributed by atoms with Gasteiger partial charge in [0.15, 0.2) is 6.10 Å². The number of benzene rings is 2. The molecular weight excluding hydrogens is 328 g/mol. The van der Waals surface area contributed by atoms with E-state index < -0.39 is 6.10 Å². The van der Waals surface area contributed by atoms with Crippen molar-refractivity contribution in [1.29, 1.82) is 0 Å². The SMILES string of the molecule is CCC1Oc2ccc(C(C)N)cc2N(CCOc2ccc(C)cc2)C1=O. The summed E-state index contributed by atoms with van der Waals surface area (Å²) in [4.78, 5) is 14.6. The Morgan fingerprint density at radius 3 is 2.62 bits per heavy atom. The van der Waals surface area contributed by atoms with Gasteiger partial charge in [-0.1, -0.05) is 30.7 Å². The Morgan fingerprint density at radius 1 is 1.23 bits per heavy atom.